The maximum absolute atomic E-state index is 14.0. The van der Waals surface area contributed by atoms with Gasteiger partial charge in [0.05, 0.1) is 4.90 Å². The number of halogens is 2. The summed E-state index contributed by atoms with van der Waals surface area (Å²) >= 11 is 13.1. The molecule has 43 heavy (non-hydrogen) atoms. The molecule has 7 nitrogen and oxygen atoms in total. The summed E-state index contributed by atoms with van der Waals surface area (Å²) in [5.41, 5.74) is 1.48. The Morgan fingerprint density at radius 1 is 0.884 bits per heavy atom. The van der Waals surface area contributed by atoms with Crippen molar-refractivity contribution in [2.45, 2.75) is 74.9 Å². The maximum atomic E-state index is 14.0. The third-order valence-corrected chi connectivity index (χ3v) is 10.5. The molecule has 0 saturated heterocycles. The van der Waals surface area contributed by atoms with Gasteiger partial charge >= 0.3 is 0 Å². The molecular formula is C33H39Cl2N3O4S. The van der Waals surface area contributed by atoms with Gasteiger partial charge in [0.1, 0.15) is 6.04 Å². The summed E-state index contributed by atoms with van der Waals surface area (Å²) < 4.78 is 27.2. The van der Waals surface area contributed by atoms with Crippen LogP contribution in [0.4, 0.5) is 0 Å². The Bertz CT molecular complexity index is 1450. The normalized spacial score (nSPS) is 14.8. The van der Waals surface area contributed by atoms with Crippen LogP contribution in [0.5, 0.6) is 0 Å². The fourth-order valence-electron chi connectivity index (χ4n) is 5.44. The first-order valence-corrected chi connectivity index (χ1v) is 16.9. The highest BCUT2D eigenvalue weighted by Crippen LogP contribution is 2.28. The molecule has 4 rings (SSSR count). The molecule has 1 aliphatic rings. The average Bonchev–Trinajstić information content (AvgIpc) is 3.01. The van der Waals surface area contributed by atoms with Crippen molar-refractivity contribution in [3.05, 3.63) is 100 Å². The molecule has 0 aliphatic heterocycles. The minimum atomic E-state index is -3.69. The van der Waals surface area contributed by atoms with E-state index in [9.17, 15) is 18.0 Å². The molecule has 3 aromatic carbocycles. The second-order valence-electron chi connectivity index (χ2n) is 11.0. The highest BCUT2D eigenvalue weighted by atomic mass is 35.5. The lowest BCUT2D eigenvalue weighted by Gasteiger charge is -2.34. The Kier molecular flexibility index (Phi) is 12.1. The van der Waals surface area contributed by atoms with Crippen LogP contribution in [0.2, 0.25) is 10.0 Å². The van der Waals surface area contributed by atoms with Gasteiger partial charge in [0.2, 0.25) is 21.8 Å². The van der Waals surface area contributed by atoms with E-state index >= 15 is 0 Å². The van der Waals surface area contributed by atoms with Gasteiger partial charge in [0.15, 0.2) is 0 Å². The zero-order chi connectivity index (χ0) is 30.8. The number of sulfonamides is 1. The number of hydrogen-bond acceptors (Lipinski definition) is 4. The van der Waals surface area contributed by atoms with Crippen molar-refractivity contribution in [3.63, 3.8) is 0 Å². The minimum absolute atomic E-state index is 0.0404. The number of nitrogens with zero attached hydrogens (tertiary/aromatic N) is 2. The van der Waals surface area contributed by atoms with E-state index in [0.717, 1.165) is 37.7 Å². The van der Waals surface area contributed by atoms with E-state index in [2.05, 4.69) is 5.32 Å². The van der Waals surface area contributed by atoms with E-state index < -0.39 is 16.1 Å². The van der Waals surface area contributed by atoms with Crippen molar-refractivity contribution in [1.82, 2.24) is 14.5 Å². The molecule has 2 amide bonds. The third kappa shape index (κ3) is 9.05. The van der Waals surface area contributed by atoms with Crippen LogP contribution >= 0.6 is 23.2 Å². The molecule has 10 heteroatoms. The van der Waals surface area contributed by atoms with Crippen LogP contribution in [-0.4, -0.2) is 55.1 Å². The van der Waals surface area contributed by atoms with Crippen molar-refractivity contribution in [2.24, 2.45) is 0 Å². The van der Waals surface area contributed by atoms with Gasteiger partial charge in [-0.3, -0.25) is 9.59 Å². The summed E-state index contributed by atoms with van der Waals surface area (Å²) in [5, 5.41) is 4.03. The molecule has 230 valence electrons. The van der Waals surface area contributed by atoms with Crippen molar-refractivity contribution in [1.29, 1.82) is 0 Å². The molecule has 1 N–H and O–H groups in total. The molecule has 1 atom stereocenters. The van der Waals surface area contributed by atoms with Crippen molar-refractivity contribution in [3.8, 4) is 0 Å². The summed E-state index contributed by atoms with van der Waals surface area (Å²) in [5.74, 6) is -0.489. The number of carbonyl (C=O) groups excluding carboxylic acids is 2. The standard InChI is InChI=1S/C33H39Cl2N3O4S/c1-37(43(41,42)27-17-9-4-10-18-27)22-12-21-32(39)38(24-28-29(34)19-11-20-30(28)35)31(23-25-13-5-2-6-14-25)33(40)36-26-15-7-3-8-16-26/h2,4-6,9-11,13-14,17-20,26,31H,3,7-8,12,15-16,21-24H2,1H3,(H,36,40)/t31-/m1/s1. The van der Waals surface area contributed by atoms with Gasteiger partial charge in [0.25, 0.3) is 0 Å². The first-order chi connectivity index (χ1) is 20.7. The quantitative estimate of drug-likeness (QED) is 0.231. The van der Waals surface area contributed by atoms with Crippen LogP contribution < -0.4 is 5.32 Å². The number of benzene rings is 3. The Hall–Kier alpha value is -2.91. The molecule has 0 radical (unpaired) electrons. The molecule has 0 aromatic heterocycles. The average molecular weight is 645 g/mol. The van der Waals surface area contributed by atoms with Crippen molar-refractivity contribution < 1.29 is 18.0 Å². The van der Waals surface area contributed by atoms with E-state index in [0.29, 0.717) is 22.0 Å². The van der Waals surface area contributed by atoms with Crippen LogP contribution in [0.3, 0.4) is 0 Å². The van der Waals surface area contributed by atoms with Gasteiger partial charge < -0.3 is 10.2 Å². The van der Waals surface area contributed by atoms with Gasteiger partial charge in [-0.1, -0.05) is 97.1 Å². The lowest BCUT2D eigenvalue weighted by Crippen LogP contribution is -2.53. The van der Waals surface area contributed by atoms with E-state index in [4.69, 9.17) is 23.2 Å². The predicted molar refractivity (Wildman–Crippen MR) is 171 cm³/mol. The predicted octanol–water partition coefficient (Wildman–Crippen LogP) is 6.48. The number of carbonyl (C=O) groups is 2. The third-order valence-electron chi connectivity index (χ3n) is 7.93. The lowest BCUT2D eigenvalue weighted by atomic mass is 9.94. The lowest BCUT2D eigenvalue weighted by molar-refractivity contribution is -0.141. The van der Waals surface area contributed by atoms with Gasteiger partial charge in [-0.15, -0.1) is 0 Å². The van der Waals surface area contributed by atoms with Crippen molar-refractivity contribution in [2.75, 3.05) is 13.6 Å². The summed E-state index contributed by atoms with van der Waals surface area (Å²) in [6.45, 7) is 0.187. The summed E-state index contributed by atoms with van der Waals surface area (Å²) in [6.07, 6.45) is 5.73. The topological polar surface area (TPSA) is 86.8 Å². The number of rotatable bonds is 13. The van der Waals surface area contributed by atoms with Crippen LogP contribution in [-0.2, 0) is 32.6 Å². The van der Waals surface area contributed by atoms with Gasteiger partial charge in [-0.05, 0) is 49.1 Å². The number of amides is 2. The fourth-order valence-corrected chi connectivity index (χ4v) is 7.19. The molecule has 3 aromatic rings. The first kappa shape index (κ1) is 33.0. The molecule has 1 fully saturated rings. The first-order valence-electron chi connectivity index (χ1n) is 14.7. The molecule has 0 unspecified atom stereocenters. The van der Waals surface area contributed by atoms with Crippen LogP contribution in [0.25, 0.3) is 0 Å². The molecular weight excluding hydrogens is 605 g/mol. The van der Waals surface area contributed by atoms with Crippen molar-refractivity contribution >= 4 is 45.0 Å². The monoisotopic (exact) mass is 643 g/mol. The molecule has 0 bridgehead atoms. The number of nitrogens with one attached hydrogen (secondary N) is 1. The van der Waals surface area contributed by atoms with E-state index in [1.165, 1.54) is 11.4 Å². The Labute approximate surface area is 265 Å². The van der Waals surface area contributed by atoms with Crippen LogP contribution in [0.1, 0.15) is 56.1 Å². The second-order valence-corrected chi connectivity index (χ2v) is 13.9. The van der Waals surface area contributed by atoms with Gasteiger partial charge in [-0.2, -0.15) is 0 Å². The Morgan fingerprint density at radius 3 is 2.12 bits per heavy atom. The summed E-state index contributed by atoms with van der Waals surface area (Å²) in [6, 6.07) is 22.2. The molecule has 1 saturated carbocycles. The number of hydrogen-bond donors (Lipinski definition) is 1. The fraction of sp³-hybridized carbons (Fsp3) is 0.394. The summed E-state index contributed by atoms with van der Waals surface area (Å²) in [7, 11) is -2.19. The van der Waals surface area contributed by atoms with Gasteiger partial charge in [-0.25, -0.2) is 12.7 Å². The second kappa shape index (κ2) is 15.7. The zero-order valence-corrected chi connectivity index (χ0v) is 26.8. The maximum Gasteiger partial charge on any atom is 0.243 e. The Morgan fingerprint density at radius 2 is 1.49 bits per heavy atom. The molecule has 0 spiro atoms. The highest BCUT2D eigenvalue weighted by molar-refractivity contribution is 7.89. The molecule has 0 heterocycles. The SMILES string of the molecule is CN(CCCC(=O)N(Cc1c(Cl)cccc1Cl)[C@H](Cc1ccccc1)C(=O)NC1CCCCC1)S(=O)(=O)c1ccccc1. The largest absolute Gasteiger partial charge is 0.352 e. The van der Waals surface area contributed by atoms with E-state index in [1.54, 1.807) is 53.4 Å². The molecule has 1 aliphatic carbocycles. The highest BCUT2D eigenvalue weighted by Gasteiger charge is 2.33. The smallest absolute Gasteiger partial charge is 0.243 e. The van der Waals surface area contributed by atoms with E-state index in [-0.39, 0.29) is 48.7 Å². The Balaban J connectivity index is 1.58. The zero-order valence-electron chi connectivity index (χ0n) is 24.4. The van der Waals surface area contributed by atoms with Gasteiger partial charge in [0, 0.05) is 54.6 Å². The summed E-state index contributed by atoms with van der Waals surface area (Å²) in [4.78, 5) is 29.7. The van der Waals surface area contributed by atoms with Crippen LogP contribution in [0, 0.1) is 0 Å². The van der Waals surface area contributed by atoms with Crippen LogP contribution in [0.15, 0.2) is 83.8 Å². The minimum Gasteiger partial charge on any atom is -0.352 e. The van der Waals surface area contributed by atoms with E-state index in [1.807, 2.05) is 30.3 Å².